The minimum absolute atomic E-state index is 0.0754. The molecule has 2 heterocycles. The highest BCUT2D eigenvalue weighted by molar-refractivity contribution is 5.69. The molecule has 1 N–H and O–H groups in total. The molecule has 25 heavy (non-hydrogen) atoms. The largest absolute Gasteiger partial charge is 0.444 e. The molecule has 1 amide bonds. The molecule has 0 radical (unpaired) electrons. The molecule has 1 aromatic heterocycles. The molecule has 1 atom stereocenters. The number of aromatic nitrogens is 2. The van der Waals surface area contributed by atoms with Crippen LogP contribution in [0.1, 0.15) is 51.0 Å². The monoisotopic (exact) mass is 337 g/mol. The smallest absolute Gasteiger partial charge is 0.410 e. The van der Waals surface area contributed by atoms with Crippen LogP contribution in [-0.2, 0) is 4.74 Å². The number of carbonyl (C=O) groups is 1. The number of hydrogen-bond acceptors (Lipinski definition) is 3. The second-order valence-corrected chi connectivity index (χ2v) is 7.24. The number of H-pyrrole nitrogens is 1. The number of aromatic amines is 1. The van der Waals surface area contributed by atoms with Crippen molar-refractivity contribution in [3.63, 3.8) is 0 Å². The molecular weight excluding hydrogens is 314 g/mol. The van der Waals surface area contributed by atoms with E-state index < -0.39 is 5.60 Å². The molecular formula is C20H23N3O2. The highest BCUT2D eigenvalue weighted by Gasteiger charge is 2.34. The van der Waals surface area contributed by atoms with Crippen molar-refractivity contribution in [1.82, 2.24) is 14.9 Å². The summed E-state index contributed by atoms with van der Waals surface area (Å²) in [6.45, 7) is 6.31. The van der Waals surface area contributed by atoms with Crippen LogP contribution in [0.4, 0.5) is 4.79 Å². The van der Waals surface area contributed by atoms with Crippen molar-refractivity contribution >= 4 is 6.09 Å². The lowest BCUT2D eigenvalue weighted by molar-refractivity contribution is 0.0219. The van der Waals surface area contributed by atoms with Crippen molar-refractivity contribution in [1.29, 1.82) is 0 Å². The highest BCUT2D eigenvalue weighted by atomic mass is 16.6. The minimum atomic E-state index is -0.503. The maximum Gasteiger partial charge on any atom is 0.410 e. The molecule has 3 rings (SSSR count). The van der Waals surface area contributed by atoms with Crippen LogP contribution in [0.2, 0.25) is 0 Å². The van der Waals surface area contributed by atoms with Gasteiger partial charge in [0.05, 0.1) is 17.9 Å². The van der Waals surface area contributed by atoms with Gasteiger partial charge in [0.25, 0.3) is 0 Å². The van der Waals surface area contributed by atoms with E-state index in [9.17, 15) is 4.79 Å². The standard InChI is InChI=1S/C20H23N3O2/c1-5-14-8-10-15(11-9-14)16-13-21-18(22-16)17-7-6-12-23(17)19(24)25-20(2,3)4/h1,8-11,13,17H,6-7,12H2,2-4H3,(H,21,22)/t17-/m1/s1. The number of imidazole rings is 1. The van der Waals surface area contributed by atoms with E-state index in [1.165, 1.54) is 0 Å². The Hall–Kier alpha value is -2.74. The van der Waals surface area contributed by atoms with Crippen LogP contribution >= 0.6 is 0 Å². The van der Waals surface area contributed by atoms with Crippen molar-refractivity contribution in [3.05, 3.63) is 41.9 Å². The maximum atomic E-state index is 12.4. The van der Waals surface area contributed by atoms with Crippen LogP contribution in [-0.4, -0.2) is 33.1 Å². The Morgan fingerprint density at radius 1 is 1.36 bits per heavy atom. The first-order valence-corrected chi connectivity index (χ1v) is 8.49. The molecule has 0 aliphatic carbocycles. The summed E-state index contributed by atoms with van der Waals surface area (Å²) in [7, 11) is 0. The molecule has 0 saturated carbocycles. The predicted molar refractivity (Wildman–Crippen MR) is 96.9 cm³/mol. The van der Waals surface area contributed by atoms with E-state index in [4.69, 9.17) is 11.2 Å². The summed E-state index contributed by atoms with van der Waals surface area (Å²) in [5.74, 6) is 3.40. The molecule has 1 fully saturated rings. The molecule has 5 nitrogen and oxygen atoms in total. The van der Waals surface area contributed by atoms with Gasteiger partial charge >= 0.3 is 6.09 Å². The highest BCUT2D eigenvalue weighted by Crippen LogP contribution is 2.32. The van der Waals surface area contributed by atoms with Gasteiger partial charge in [0.1, 0.15) is 11.4 Å². The zero-order valence-electron chi connectivity index (χ0n) is 14.9. The van der Waals surface area contributed by atoms with E-state index in [0.29, 0.717) is 6.54 Å². The van der Waals surface area contributed by atoms with E-state index in [1.54, 1.807) is 11.1 Å². The first-order valence-electron chi connectivity index (χ1n) is 8.49. The number of rotatable bonds is 2. The Morgan fingerprint density at radius 2 is 2.08 bits per heavy atom. The SMILES string of the molecule is C#Cc1ccc(-c2cnc([C@H]3CCCN3C(=O)OC(C)(C)C)[nH]2)cc1. The predicted octanol–water partition coefficient (Wildman–Crippen LogP) is 4.13. The van der Waals surface area contributed by atoms with Gasteiger partial charge in [-0.15, -0.1) is 6.42 Å². The molecule has 0 bridgehead atoms. The Kier molecular flexibility index (Phi) is 4.54. The molecule has 130 valence electrons. The van der Waals surface area contributed by atoms with Gasteiger partial charge < -0.3 is 9.72 Å². The van der Waals surface area contributed by atoms with Gasteiger partial charge in [0, 0.05) is 12.1 Å². The lowest BCUT2D eigenvalue weighted by atomic mass is 10.1. The fourth-order valence-corrected chi connectivity index (χ4v) is 2.99. The number of nitrogens with one attached hydrogen (secondary N) is 1. The number of terminal acetylenes is 1. The van der Waals surface area contributed by atoms with Crippen LogP contribution in [0.25, 0.3) is 11.3 Å². The van der Waals surface area contributed by atoms with Crippen LogP contribution in [0.5, 0.6) is 0 Å². The third-order valence-corrected chi connectivity index (χ3v) is 4.15. The summed E-state index contributed by atoms with van der Waals surface area (Å²) in [6, 6.07) is 7.66. The molecule has 0 spiro atoms. The maximum absolute atomic E-state index is 12.4. The number of ether oxygens (including phenoxy) is 1. The minimum Gasteiger partial charge on any atom is -0.444 e. The topological polar surface area (TPSA) is 58.2 Å². The summed E-state index contributed by atoms with van der Waals surface area (Å²) < 4.78 is 5.52. The molecule has 1 saturated heterocycles. The van der Waals surface area contributed by atoms with Gasteiger partial charge in [-0.25, -0.2) is 9.78 Å². The molecule has 1 aliphatic rings. The van der Waals surface area contributed by atoms with Crippen LogP contribution in [0, 0.1) is 12.3 Å². The fourth-order valence-electron chi connectivity index (χ4n) is 2.99. The molecule has 1 aromatic carbocycles. The van der Waals surface area contributed by atoms with Gasteiger partial charge in [-0.05, 0) is 51.3 Å². The first-order chi connectivity index (χ1) is 11.9. The van der Waals surface area contributed by atoms with E-state index in [2.05, 4.69) is 15.9 Å². The van der Waals surface area contributed by atoms with Gasteiger partial charge in [-0.1, -0.05) is 18.1 Å². The van der Waals surface area contributed by atoms with Crippen LogP contribution < -0.4 is 0 Å². The van der Waals surface area contributed by atoms with E-state index >= 15 is 0 Å². The number of hydrogen-bond donors (Lipinski definition) is 1. The lowest BCUT2D eigenvalue weighted by Gasteiger charge is -2.27. The summed E-state index contributed by atoms with van der Waals surface area (Å²) >= 11 is 0. The Morgan fingerprint density at radius 3 is 2.72 bits per heavy atom. The fraction of sp³-hybridized carbons (Fsp3) is 0.400. The van der Waals surface area contributed by atoms with Crippen molar-refractivity contribution in [2.75, 3.05) is 6.54 Å². The van der Waals surface area contributed by atoms with Crippen LogP contribution in [0.15, 0.2) is 30.5 Å². The van der Waals surface area contributed by atoms with Crippen LogP contribution in [0.3, 0.4) is 0 Å². The van der Waals surface area contributed by atoms with E-state index in [-0.39, 0.29) is 12.1 Å². The van der Waals surface area contributed by atoms with Crippen molar-refractivity contribution < 1.29 is 9.53 Å². The summed E-state index contributed by atoms with van der Waals surface area (Å²) in [4.78, 5) is 22.0. The van der Waals surface area contributed by atoms with E-state index in [0.717, 1.165) is 35.5 Å². The van der Waals surface area contributed by atoms with E-state index in [1.807, 2.05) is 45.0 Å². The normalized spacial score (nSPS) is 17.4. The second-order valence-electron chi connectivity index (χ2n) is 7.24. The average Bonchev–Trinajstić information content (AvgIpc) is 3.22. The summed E-state index contributed by atoms with van der Waals surface area (Å²) in [5.41, 5.74) is 2.27. The first kappa shape index (κ1) is 17.1. The Labute approximate surface area is 148 Å². The van der Waals surface area contributed by atoms with Gasteiger partial charge in [-0.2, -0.15) is 0 Å². The number of amides is 1. The van der Waals surface area contributed by atoms with Crippen molar-refractivity contribution in [3.8, 4) is 23.6 Å². The number of benzene rings is 1. The van der Waals surface area contributed by atoms with Crippen molar-refractivity contribution in [2.24, 2.45) is 0 Å². The third kappa shape index (κ3) is 3.85. The lowest BCUT2D eigenvalue weighted by Crippen LogP contribution is -2.36. The molecule has 2 aromatic rings. The number of likely N-dealkylation sites (tertiary alicyclic amines) is 1. The second kappa shape index (κ2) is 6.64. The zero-order chi connectivity index (χ0) is 18.0. The quantitative estimate of drug-likeness (QED) is 0.838. The Balaban J connectivity index is 1.78. The Bertz CT molecular complexity index is 794. The molecule has 1 aliphatic heterocycles. The molecule has 5 heteroatoms. The van der Waals surface area contributed by atoms with Crippen molar-refractivity contribution in [2.45, 2.75) is 45.3 Å². The third-order valence-electron chi connectivity index (χ3n) is 4.15. The van der Waals surface area contributed by atoms with Gasteiger partial charge in [0.2, 0.25) is 0 Å². The summed E-state index contributed by atoms with van der Waals surface area (Å²) in [5, 5.41) is 0. The zero-order valence-corrected chi connectivity index (χ0v) is 14.9. The average molecular weight is 337 g/mol. The van der Waals surface area contributed by atoms with Gasteiger partial charge in [0.15, 0.2) is 0 Å². The number of nitrogens with zero attached hydrogens (tertiary/aromatic N) is 2. The van der Waals surface area contributed by atoms with Gasteiger partial charge in [-0.3, -0.25) is 4.90 Å². The molecule has 0 unspecified atom stereocenters. The number of carbonyl (C=O) groups excluding carboxylic acids is 1. The summed E-state index contributed by atoms with van der Waals surface area (Å²) in [6.07, 6.45) is 8.72.